The molecular formula is C24H28N2O5. The maximum Gasteiger partial charge on any atom is 0.241 e. The van der Waals surface area contributed by atoms with E-state index in [0.717, 1.165) is 5.56 Å². The third-order valence-electron chi connectivity index (χ3n) is 5.69. The van der Waals surface area contributed by atoms with Gasteiger partial charge in [0.25, 0.3) is 0 Å². The summed E-state index contributed by atoms with van der Waals surface area (Å²) < 4.78 is 10.5. The average molecular weight is 424 g/mol. The number of ether oxygens (including phenoxy) is 2. The minimum Gasteiger partial charge on any atom is -0.496 e. The second-order valence-corrected chi connectivity index (χ2v) is 7.71. The first-order valence-corrected chi connectivity index (χ1v) is 10.2. The van der Waals surface area contributed by atoms with Gasteiger partial charge in [-0.15, -0.1) is 0 Å². The van der Waals surface area contributed by atoms with Crippen molar-refractivity contribution in [3.63, 3.8) is 0 Å². The normalized spacial score (nSPS) is 18.4. The minimum absolute atomic E-state index is 0.0825. The molecule has 2 aromatic carbocycles. The van der Waals surface area contributed by atoms with E-state index in [4.69, 9.17) is 9.47 Å². The van der Waals surface area contributed by atoms with Gasteiger partial charge in [0.1, 0.15) is 5.75 Å². The Morgan fingerprint density at radius 3 is 2.42 bits per heavy atom. The molecule has 7 heteroatoms. The topological polar surface area (TPSA) is 76.2 Å². The lowest BCUT2D eigenvalue weighted by Crippen LogP contribution is -2.43. The molecule has 1 atom stereocenters. The van der Waals surface area contributed by atoms with E-state index in [1.165, 1.54) is 19.1 Å². The molecule has 1 unspecified atom stereocenters. The van der Waals surface area contributed by atoms with Crippen molar-refractivity contribution in [2.75, 3.05) is 34.4 Å². The van der Waals surface area contributed by atoms with Gasteiger partial charge in [0.2, 0.25) is 17.7 Å². The Morgan fingerprint density at radius 1 is 1.06 bits per heavy atom. The van der Waals surface area contributed by atoms with Gasteiger partial charge in [-0.2, -0.15) is 0 Å². The third kappa shape index (κ3) is 4.61. The number of nitrogens with zero attached hydrogens (tertiary/aromatic N) is 2. The number of benzene rings is 2. The largest absolute Gasteiger partial charge is 0.496 e. The van der Waals surface area contributed by atoms with Crippen molar-refractivity contribution in [1.29, 1.82) is 0 Å². The Balaban J connectivity index is 1.94. The highest BCUT2D eigenvalue weighted by atomic mass is 16.5. The molecule has 1 saturated heterocycles. The molecule has 7 nitrogen and oxygen atoms in total. The molecule has 0 bridgehead atoms. The lowest BCUT2D eigenvalue weighted by Gasteiger charge is -2.30. The number of hydrogen-bond acceptors (Lipinski definition) is 5. The summed E-state index contributed by atoms with van der Waals surface area (Å²) in [6.45, 7) is 0.803. The van der Waals surface area contributed by atoms with E-state index < -0.39 is 5.41 Å². The van der Waals surface area contributed by atoms with Crippen LogP contribution in [0.2, 0.25) is 0 Å². The summed E-state index contributed by atoms with van der Waals surface area (Å²) in [6, 6.07) is 16.7. The fourth-order valence-corrected chi connectivity index (χ4v) is 4.03. The van der Waals surface area contributed by atoms with Crippen molar-refractivity contribution in [2.24, 2.45) is 0 Å². The zero-order chi connectivity index (χ0) is 22.4. The van der Waals surface area contributed by atoms with E-state index in [1.54, 1.807) is 36.2 Å². The summed E-state index contributed by atoms with van der Waals surface area (Å²) in [5, 5.41) is 0. The van der Waals surface area contributed by atoms with Crippen LogP contribution in [0.3, 0.4) is 0 Å². The van der Waals surface area contributed by atoms with Crippen molar-refractivity contribution >= 4 is 17.7 Å². The highest BCUT2D eigenvalue weighted by Gasteiger charge is 2.55. The molecule has 0 aromatic heterocycles. The van der Waals surface area contributed by atoms with E-state index in [1.807, 2.05) is 30.3 Å². The van der Waals surface area contributed by atoms with Crippen LogP contribution in [-0.2, 0) is 31.1 Å². The predicted octanol–water partition coefficient (Wildman–Crippen LogP) is 2.39. The highest BCUT2D eigenvalue weighted by Crippen LogP contribution is 2.44. The summed E-state index contributed by atoms with van der Waals surface area (Å²) in [5.74, 6) is -0.438. The maximum absolute atomic E-state index is 13.6. The van der Waals surface area contributed by atoms with Crippen LogP contribution in [0.25, 0.3) is 0 Å². The molecular weight excluding hydrogens is 396 g/mol. The minimum atomic E-state index is -1.31. The van der Waals surface area contributed by atoms with Crippen LogP contribution in [-0.4, -0.2) is 61.9 Å². The molecule has 0 aliphatic carbocycles. The molecule has 0 spiro atoms. The molecule has 2 aromatic rings. The molecule has 1 aliphatic rings. The molecule has 0 N–H and O–H groups in total. The lowest BCUT2D eigenvalue weighted by molar-refractivity contribution is -0.143. The molecule has 0 saturated carbocycles. The highest BCUT2D eigenvalue weighted by molar-refractivity contribution is 6.11. The van der Waals surface area contributed by atoms with Crippen molar-refractivity contribution in [3.8, 4) is 5.75 Å². The molecule has 0 radical (unpaired) electrons. The van der Waals surface area contributed by atoms with Crippen LogP contribution < -0.4 is 4.74 Å². The van der Waals surface area contributed by atoms with E-state index >= 15 is 0 Å². The number of para-hydroxylation sites is 1. The van der Waals surface area contributed by atoms with Crippen LogP contribution in [0.1, 0.15) is 24.0 Å². The molecule has 3 amide bonds. The van der Waals surface area contributed by atoms with E-state index in [0.29, 0.717) is 17.9 Å². The zero-order valence-electron chi connectivity index (χ0n) is 18.2. The van der Waals surface area contributed by atoms with Crippen molar-refractivity contribution < 1.29 is 23.9 Å². The van der Waals surface area contributed by atoms with Crippen LogP contribution in [0, 0.1) is 0 Å². The number of amides is 3. The third-order valence-corrected chi connectivity index (χ3v) is 5.69. The van der Waals surface area contributed by atoms with Gasteiger partial charge in [-0.1, -0.05) is 48.5 Å². The molecule has 164 valence electrons. The van der Waals surface area contributed by atoms with Gasteiger partial charge in [-0.05, 0) is 11.6 Å². The SMILES string of the molecule is COCCN1C(=O)CC(CC(=O)N(C)Cc2ccccc2)(c2ccccc2OC)C1=O. The Labute approximate surface area is 182 Å². The number of likely N-dealkylation sites (tertiary alicyclic amines) is 1. The molecule has 31 heavy (non-hydrogen) atoms. The molecule has 3 rings (SSSR count). The number of hydrogen-bond donors (Lipinski definition) is 0. The van der Waals surface area contributed by atoms with Gasteiger partial charge >= 0.3 is 0 Å². The molecule has 1 fully saturated rings. The standard InChI is InChI=1S/C24H28N2O5/c1-25(17-18-9-5-4-6-10-18)21(27)15-24(19-11-7-8-12-20(19)31-3)16-22(28)26(23(24)29)13-14-30-2/h4-12H,13-17H2,1-3H3. The Bertz CT molecular complexity index is 946. The van der Waals surface area contributed by atoms with Gasteiger partial charge in [0.05, 0.1) is 25.7 Å². The Kier molecular flexibility index (Phi) is 7.07. The molecule has 1 aliphatic heterocycles. The summed E-state index contributed by atoms with van der Waals surface area (Å²) in [5.41, 5.74) is 0.233. The van der Waals surface area contributed by atoms with E-state index in [2.05, 4.69) is 0 Å². The first-order chi connectivity index (χ1) is 14.9. The fraction of sp³-hybridized carbons (Fsp3) is 0.375. The van der Waals surface area contributed by atoms with Crippen molar-refractivity contribution in [2.45, 2.75) is 24.8 Å². The van der Waals surface area contributed by atoms with Gasteiger partial charge in [0.15, 0.2) is 0 Å². The first-order valence-electron chi connectivity index (χ1n) is 10.2. The maximum atomic E-state index is 13.6. The number of methoxy groups -OCH3 is 2. The van der Waals surface area contributed by atoms with E-state index in [9.17, 15) is 14.4 Å². The van der Waals surface area contributed by atoms with Gasteiger partial charge in [-0.3, -0.25) is 19.3 Å². The fourth-order valence-electron chi connectivity index (χ4n) is 4.03. The number of rotatable bonds is 9. The predicted molar refractivity (Wildman–Crippen MR) is 115 cm³/mol. The van der Waals surface area contributed by atoms with Crippen LogP contribution in [0.4, 0.5) is 0 Å². The number of carbonyl (C=O) groups excluding carboxylic acids is 3. The lowest BCUT2D eigenvalue weighted by atomic mass is 9.75. The summed E-state index contributed by atoms with van der Waals surface area (Å²) >= 11 is 0. The molecule has 1 heterocycles. The summed E-state index contributed by atoms with van der Waals surface area (Å²) in [7, 11) is 4.73. The quantitative estimate of drug-likeness (QED) is 0.578. The summed E-state index contributed by atoms with van der Waals surface area (Å²) in [6.07, 6.45) is -0.203. The van der Waals surface area contributed by atoms with Gasteiger partial charge in [0, 0.05) is 39.1 Å². The van der Waals surface area contributed by atoms with Crippen molar-refractivity contribution in [3.05, 3.63) is 65.7 Å². The average Bonchev–Trinajstić information content (AvgIpc) is 3.02. The summed E-state index contributed by atoms with van der Waals surface area (Å²) in [4.78, 5) is 42.4. The second kappa shape index (κ2) is 9.75. The van der Waals surface area contributed by atoms with Crippen LogP contribution in [0.15, 0.2) is 54.6 Å². The zero-order valence-corrected chi connectivity index (χ0v) is 18.2. The smallest absolute Gasteiger partial charge is 0.241 e. The van der Waals surface area contributed by atoms with Gasteiger partial charge in [-0.25, -0.2) is 0 Å². The monoisotopic (exact) mass is 424 g/mol. The van der Waals surface area contributed by atoms with Crippen LogP contribution >= 0.6 is 0 Å². The Hall–Kier alpha value is -3.19. The van der Waals surface area contributed by atoms with Crippen molar-refractivity contribution in [1.82, 2.24) is 9.80 Å². The number of imide groups is 1. The Morgan fingerprint density at radius 2 is 1.74 bits per heavy atom. The van der Waals surface area contributed by atoms with Crippen LogP contribution in [0.5, 0.6) is 5.75 Å². The number of carbonyl (C=O) groups is 3. The first kappa shape index (κ1) is 22.5. The van der Waals surface area contributed by atoms with Gasteiger partial charge < -0.3 is 14.4 Å². The second-order valence-electron chi connectivity index (χ2n) is 7.71. The van der Waals surface area contributed by atoms with E-state index in [-0.39, 0.29) is 43.7 Å².